The van der Waals surface area contributed by atoms with E-state index in [0.29, 0.717) is 0 Å². The van der Waals surface area contributed by atoms with E-state index in [1.165, 1.54) is 11.2 Å². The van der Waals surface area contributed by atoms with Crippen molar-refractivity contribution in [2.45, 2.75) is 13.0 Å². The molecule has 0 aromatic carbocycles. The van der Waals surface area contributed by atoms with Crippen molar-refractivity contribution in [2.24, 2.45) is 0 Å². The molecule has 3 nitrogen and oxygen atoms in total. The summed E-state index contributed by atoms with van der Waals surface area (Å²) < 4.78 is 0.807. The molecule has 1 unspecified atom stereocenters. The van der Waals surface area contributed by atoms with Crippen LogP contribution in [0.3, 0.4) is 0 Å². The zero-order valence-electron chi connectivity index (χ0n) is 8.14. The molecule has 0 fully saturated rings. The van der Waals surface area contributed by atoms with Crippen molar-refractivity contribution in [3.05, 3.63) is 39.9 Å². The maximum absolute atomic E-state index is 5.87. The lowest BCUT2D eigenvalue weighted by atomic mass is 10.3. The summed E-state index contributed by atoms with van der Waals surface area (Å²) in [4.78, 5) is 9.15. The van der Waals surface area contributed by atoms with Crippen LogP contribution in [0.2, 0.25) is 4.34 Å². The van der Waals surface area contributed by atoms with Crippen LogP contribution in [0.15, 0.2) is 30.7 Å². The molecular formula is C10H10ClN3S. The molecule has 0 spiro atoms. The van der Waals surface area contributed by atoms with E-state index in [9.17, 15) is 0 Å². The fourth-order valence-corrected chi connectivity index (χ4v) is 2.29. The molecule has 78 valence electrons. The molecule has 0 saturated heterocycles. The summed E-state index contributed by atoms with van der Waals surface area (Å²) in [6, 6.07) is 5.97. The van der Waals surface area contributed by atoms with Crippen LogP contribution in [0.25, 0.3) is 0 Å². The Labute approximate surface area is 97.2 Å². The Balaban J connectivity index is 2.07. The van der Waals surface area contributed by atoms with E-state index in [0.717, 1.165) is 10.2 Å². The van der Waals surface area contributed by atoms with E-state index in [4.69, 9.17) is 11.6 Å². The Morgan fingerprint density at radius 1 is 1.40 bits per heavy atom. The average molecular weight is 240 g/mol. The van der Waals surface area contributed by atoms with E-state index in [1.807, 2.05) is 18.2 Å². The smallest absolute Gasteiger partial charge is 0.129 e. The molecule has 0 radical (unpaired) electrons. The number of nitrogens with one attached hydrogen (secondary N) is 1. The van der Waals surface area contributed by atoms with Gasteiger partial charge >= 0.3 is 0 Å². The maximum Gasteiger partial charge on any atom is 0.129 e. The number of hydrogen-bond donors (Lipinski definition) is 1. The Morgan fingerprint density at radius 2 is 2.27 bits per heavy atom. The highest BCUT2D eigenvalue weighted by atomic mass is 35.5. The van der Waals surface area contributed by atoms with Gasteiger partial charge in [-0.25, -0.2) is 9.97 Å². The highest BCUT2D eigenvalue weighted by molar-refractivity contribution is 7.16. The summed E-state index contributed by atoms with van der Waals surface area (Å²) in [7, 11) is 0. The predicted octanol–water partition coefficient (Wildman–Crippen LogP) is 3.36. The molecule has 2 aromatic rings. The van der Waals surface area contributed by atoms with Gasteiger partial charge in [0.15, 0.2) is 0 Å². The molecule has 0 saturated carbocycles. The molecule has 0 aliphatic rings. The Morgan fingerprint density at radius 3 is 2.87 bits per heavy atom. The third kappa shape index (κ3) is 2.67. The second-order valence-electron chi connectivity index (χ2n) is 3.10. The van der Waals surface area contributed by atoms with Crippen molar-refractivity contribution in [2.75, 3.05) is 5.32 Å². The third-order valence-electron chi connectivity index (χ3n) is 1.97. The van der Waals surface area contributed by atoms with Crippen molar-refractivity contribution >= 4 is 28.8 Å². The van der Waals surface area contributed by atoms with Crippen LogP contribution in [-0.4, -0.2) is 9.97 Å². The first-order valence-electron chi connectivity index (χ1n) is 4.53. The first-order valence-corrected chi connectivity index (χ1v) is 5.73. The summed E-state index contributed by atoms with van der Waals surface area (Å²) in [6.07, 6.45) is 3.24. The molecule has 0 bridgehead atoms. The molecule has 1 N–H and O–H groups in total. The maximum atomic E-state index is 5.87. The van der Waals surface area contributed by atoms with E-state index in [-0.39, 0.29) is 6.04 Å². The minimum Gasteiger partial charge on any atom is -0.363 e. The van der Waals surface area contributed by atoms with Crippen LogP contribution in [-0.2, 0) is 0 Å². The highest BCUT2D eigenvalue weighted by Gasteiger charge is 2.07. The van der Waals surface area contributed by atoms with Gasteiger partial charge in [0.1, 0.15) is 12.1 Å². The summed E-state index contributed by atoms with van der Waals surface area (Å²) in [5, 5.41) is 3.27. The number of halogens is 1. The molecule has 1 atom stereocenters. The van der Waals surface area contributed by atoms with Crippen LogP contribution >= 0.6 is 22.9 Å². The Hall–Kier alpha value is -1.13. The van der Waals surface area contributed by atoms with E-state index in [1.54, 1.807) is 17.5 Å². The van der Waals surface area contributed by atoms with E-state index < -0.39 is 0 Å². The second kappa shape index (κ2) is 4.59. The SMILES string of the molecule is CC(Nc1ccncn1)c1ccc(Cl)s1. The second-order valence-corrected chi connectivity index (χ2v) is 4.85. The van der Waals surface area contributed by atoms with Gasteiger partial charge in [0.25, 0.3) is 0 Å². The van der Waals surface area contributed by atoms with Gasteiger partial charge in [-0.3, -0.25) is 0 Å². The van der Waals surface area contributed by atoms with Crippen LogP contribution in [0.4, 0.5) is 5.82 Å². The zero-order valence-corrected chi connectivity index (χ0v) is 9.72. The van der Waals surface area contributed by atoms with Crippen LogP contribution < -0.4 is 5.32 Å². The summed E-state index contributed by atoms with van der Waals surface area (Å²) in [5.74, 6) is 0.821. The quantitative estimate of drug-likeness (QED) is 0.893. The lowest BCUT2D eigenvalue weighted by Crippen LogP contribution is -2.05. The van der Waals surface area contributed by atoms with Crippen molar-refractivity contribution in [3.63, 3.8) is 0 Å². The van der Waals surface area contributed by atoms with Crippen LogP contribution in [0.5, 0.6) is 0 Å². The molecular weight excluding hydrogens is 230 g/mol. The summed E-state index contributed by atoms with van der Waals surface area (Å²) in [5.41, 5.74) is 0. The third-order valence-corrected chi connectivity index (χ3v) is 3.38. The average Bonchev–Trinajstić information content (AvgIpc) is 2.66. The van der Waals surface area contributed by atoms with Gasteiger partial charge in [0, 0.05) is 11.1 Å². The minimum atomic E-state index is 0.206. The van der Waals surface area contributed by atoms with Crippen molar-refractivity contribution in [3.8, 4) is 0 Å². The van der Waals surface area contributed by atoms with Gasteiger partial charge in [-0.05, 0) is 25.1 Å². The Kier molecular flexibility index (Phi) is 3.18. The number of nitrogens with zero attached hydrogens (tertiary/aromatic N) is 2. The van der Waals surface area contributed by atoms with Gasteiger partial charge in [-0.15, -0.1) is 11.3 Å². The van der Waals surface area contributed by atoms with Gasteiger partial charge in [-0.2, -0.15) is 0 Å². The van der Waals surface area contributed by atoms with Gasteiger partial charge in [-0.1, -0.05) is 11.6 Å². The number of hydrogen-bond acceptors (Lipinski definition) is 4. The van der Waals surface area contributed by atoms with Crippen molar-refractivity contribution in [1.82, 2.24) is 9.97 Å². The lowest BCUT2D eigenvalue weighted by molar-refractivity contribution is 0.893. The van der Waals surface area contributed by atoms with Gasteiger partial charge in [0.05, 0.1) is 10.4 Å². The van der Waals surface area contributed by atoms with Crippen molar-refractivity contribution in [1.29, 1.82) is 0 Å². The molecule has 2 aromatic heterocycles. The van der Waals surface area contributed by atoms with E-state index in [2.05, 4.69) is 22.2 Å². The first kappa shape index (κ1) is 10.4. The predicted molar refractivity (Wildman–Crippen MR) is 63.4 cm³/mol. The molecule has 0 amide bonds. The van der Waals surface area contributed by atoms with Crippen molar-refractivity contribution < 1.29 is 0 Å². The molecule has 2 heterocycles. The molecule has 5 heteroatoms. The molecule has 0 aliphatic heterocycles. The number of anilines is 1. The largest absolute Gasteiger partial charge is 0.363 e. The number of thiophene rings is 1. The summed E-state index contributed by atoms with van der Waals surface area (Å²) in [6.45, 7) is 2.07. The molecule has 0 aliphatic carbocycles. The standard InChI is InChI=1S/C10H10ClN3S/c1-7(8-2-3-9(11)15-8)14-10-4-5-12-6-13-10/h2-7H,1H3,(H,12,13,14). The van der Waals surface area contributed by atoms with Gasteiger partial charge in [0.2, 0.25) is 0 Å². The fourth-order valence-electron chi connectivity index (χ4n) is 1.23. The number of rotatable bonds is 3. The monoisotopic (exact) mass is 239 g/mol. The van der Waals surface area contributed by atoms with E-state index >= 15 is 0 Å². The normalized spacial score (nSPS) is 12.4. The summed E-state index contributed by atoms with van der Waals surface area (Å²) >= 11 is 7.45. The fraction of sp³-hybridized carbons (Fsp3) is 0.200. The highest BCUT2D eigenvalue weighted by Crippen LogP contribution is 2.28. The zero-order chi connectivity index (χ0) is 10.7. The van der Waals surface area contributed by atoms with Gasteiger partial charge < -0.3 is 5.32 Å². The first-order chi connectivity index (χ1) is 7.25. The van der Waals surface area contributed by atoms with Crippen LogP contribution in [0.1, 0.15) is 17.8 Å². The Bertz CT molecular complexity index is 429. The topological polar surface area (TPSA) is 37.8 Å². The number of aromatic nitrogens is 2. The van der Waals surface area contributed by atoms with Crippen LogP contribution in [0, 0.1) is 0 Å². The lowest BCUT2D eigenvalue weighted by Gasteiger charge is -2.11. The molecule has 2 rings (SSSR count). The molecule has 15 heavy (non-hydrogen) atoms. The minimum absolute atomic E-state index is 0.206.